The highest BCUT2D eigenvalue weighted by molar-refractivity contribution is 5.97. The molecule has 0 saturated heterocycles. The zero-order chi connectivity index (χ0) is 17.0. The fourth-order valence-corrected chi connectivity index (χ4v) is 1.98. The third-order valence-electron chi connectivity index (χ3n) is 3.31. The van der Waals surface area contributed by atoms with Crippen molar-refractivity contribution < 1.29 is 14.1 Å². The number of anilines is 2. The highest BCUT2D eigenvalue weighted by atomic mass is 19.1. The number of carbonyl (C=O) groups is 1. The Balaban J connectivity index is 2.08. The zero-order valence-electron chi connectivity index (χ0n) is 12.7. The molecule has 0 radical (unpaired) electrons. The molecule has 2 N–H and O–H groups in total. The highest BCUT2D eigenvalue weighted by Crippen LogP contribution is 2.23. The molecule has 0 aliphatic carbocycles. The smallest absolute Gasteiger partial charge is 0.292 e. The first-order valence-electron chi connectivity index (χ1n) is 6.95. The van der Waals surface area contributed by atoms with E-state index in [1.165, 1.54) is 24.3 Å². The van der Waals surface area contributed by atoms with Gasteiger partial charge >= 0.3 is 0 Å². The second kappa shape index (κ2) is 6.87. The summed E-state index contributed by atoms with van der Waals surface area (Å²) in [5.41, 5.74) is 0.895. The first-order valence-corrected chi connectivity index (χ1v) is 6.95. The van der Waals surface area contributed by atoms with Crippen molar-refractivity contribution in [2.75, 3.05) is 10.6 Å². The Morgan fingerprint density at radius 1 is 1.26 bits per heavy atom. The van der Waals surface area contributed by atoms with Gasteiger partial charge in [0.25, 0.3) is 5.69 Å². The molecule has 2 aromatic rings. The summed E-state index contributed by atoms with van der Waals surface area (Å²) in [6, 6.07) is 9.73. The number of nitrogens with one attached hydrogen (secondary N) is 2. The fourth-order valence-electron chi connectivity index (χ4n) is 1.98. The van der Waals surface area contributed by atoms with E-state index in [1.54, 1.807) is 32.0 Å². The minimum absolute atomic E-state index is 0.117. The van der Waals surface area contributed by atoms with Crippen molar-refractivity contribution in [2.45, 2.75) is 19.9 Å². The second-order valence-corrected chi connectivity index (χ2v) is 5.09. The van der Waals surface area contributed by atoms with Crippen molar-refractivity contribution in [1.82, 2.24) is 0 Å². The van der Waals surface area contributed by atoms with Crippen LogP contribution >= 0.6 is 0 Å². The maximum absolute atomic E-state index is 13.5. The molecular weight excluding hydrogens is 301 g/mol. The summed E-state index contributed by atoms with van der Waals surface area (Å²) in [5, 5.41) is 16.3. The zero-order valence-corrected chi connectivity index (χ0v) is 12.7. The number of para-hydroxylation sites is 2. The Labute approximate surface area is 132 Å². The van der Waals surface area contributed by atoms with E-state index in [9.17, 15) is 19.3 Å². The summed E-state index contributed by atoms with van der Waals surface area (Å²) in [7, 11) is 0. The number of nitrogens with zero attached hydrogens (tertiary/aromatic N) is 1. The molecule has 0 fully saturated rings. The molecule has 120 valence electrons. The topological polar surface area (TPSA) is 84.3 Å². The summed E-state index contributed by atoms with van der Waals surface area (Å²) < 4.78 is 13.5. The average Bonchev–Trinajstić information content (AvgIpc) is 2.51. The Morgan fingerprint density at radius 2 is 1.96 bits per heavy atom. The molecule has 0 spiro atoms. The molecule has 1 atom stereocenters. The predicted octanol–water partition coefficient (Wildman–Crippen LogP) is 3.48. The van der Waals surface area contributed by atoms with Gasteiger partial charge in [-0.05, 0) is 37.6 Å². The Kier molecular flexibility index (Phi) is 4.90. The quantitative estimate of drug-likeness (QED) is 0.653. The van der Waals surface area contributed by atoms with Crippen LogP contribution in [-0.2, 0) is 4.79 Å². The van der Waals surface area contributed by atoms with Crippen molar-refractivity contribution in [1.29, 1.82) is 0 Å². The lowest BCUT2D eigenvalue weighted by Crippen LogP contribution is -2.32. The van der Waals surface area contributed by atoms with Gasteiger partial charge < -0.3 is 10.6 Å². The molecule has 0 aliphatic heterocycles. The number of rotatable bonds is 5. The van der Waals surface area contributed by atoms with Crippen LogP contribution in [0.5, 0.6) is 0 Å². The number of hydrogen-bond acceptors (Lipinski definition) is 4. The van der Waals surface area contributed by atoms with E-state index in [4.69, 9.17) is 0 Å². The van der Waals surface area contributed by atoms with Gasteiger partial charge in [-0.25, -0.2) is 4.39 Å². The third kappa shape index (κ3) is 4.03. The molecule has 0 aromatic heterocycles. The lowest BCUT2D eigenvalue weighted by molar-refractivity contribution is -0.383. The van der Waals surface area contributed by atoms with E-state index in [2.05, 4.69) is 10.6 Å². The number of nitro benzene ring substituents is 1. The van der Waals surface area contributed by atoms with E-state index < -0.39 is 16.9 Å². The summed E-state index contributed by atoms with van der Waals surface area (Å²) in [6.45, 7) is 3.23. The molecule has 0 saturated carbocycles. The van der Waals surface area contributed by atoms with Gasteiger partial charge in [0.05, 0.1) is 4.92 Å². The predicted molar refractivity (Wildman–Crippen MR) is 85.9 cm³/mol. The second-order valence-electron chi connectivity index (χ2n) is 5.09. The molecule has 0 bridgehead atoms. The van der Waals surface area contributed by atoms with Gasteiger partial charge in [0.1, 0.15) is 17.5 Å². The van der Waals surface area contributed by atoms with Crippen LogP contribution in [0.4, 0.5) is 21.5 Å². The molecule has 0 heterocycles. The van der Waals surface area contributed by atoms with Crippen molar-refractivity contribution in [3.05, 3.63) is 64.0 Å². The number of nitro groups is 1. The van der Waals surface area contributed by atoms with Crippen LogP contribution in [-0.4, -0.2) is 16.9 Å². The molecule has 1 unspecified atom stereocenters. The number of amides is 1. The van der Waals surface area contributed by atoms with Crippen LogP contribution in [0.3, 0.4) is 0 Å². The monoisotopic (exact) mass is 317 g/mol. The average molecular weight is 317 g/mol. The third-order valence-corrected chi connectivity index (χ3v) is 3.31. The maximum Gasteiger partial charge on any atom is 0.292 e. The first kappa shape index (κ1) is 16.4. The standard InChI is InChI=1S/C16H16FN3O3/c1-10-7-8-12(9-13(10)17)18-11(2)16(21)19-14-5-3-4-6-15(14)20(22)23/h3-9,11,18H,1-2H3,(H,19,21). The van der Waals surface area contributed by atoms with E-state index in [0.29, 0.717) is 11.3 Å². The number of carbonyl (C=O) groups excluding carboxylic acids is 1. The molecule has 2 aromatic carbocycles. The van der Waals surface area contributed by atoms with Gasteiger partial charge in [-0.3, -0.25) is 14.9 Å². The van der Waals surface area contributed by atoms with Crippen LogP contribution in [0.25, 0.3) is 0 Å². The molecule has 23 heavy (non-hydrogen) atoms. The number of aryl methyl sites for hydroxylation is 1. The van der Waals surface area contributed by atoms with Crippen LogP contribution in [0.2, 0.25) is 0 Å². The number of benzene rings is 2. The summed E-state index contributed by atoms with van der Waals surface area (Å²) >= 11 is 0. The fraction of sp³-hybridized carbons (Fsp3) is 0.188. The van der Waals surface area contributed by atoms with Gasteiger partial charge in [0.15, 0.2) is 0 Å². The lowest BCUT2D eigenvalue weighted by atomic mass is 10.2. The van der Waals surface area contributed by atoms with Crippen LogP contribution in [0.1, 0.15) is 12.5 Å². The normalized spacial score (nSPS) is 11.6. The Bertz CT molecular complexity index is 749. The molecule has 2 rings (SSSR count). The van der Waals surface area contributed by atoms with Gasteiger partial charge in [-0.1, -0.05) is 18.2 Å². The lowest BCUT2D eigenvalue weighted by Gasteiger charge is -2.15. The number of halogens is 1. The van der Waals surface area contributed by atoms with Crippen LogP contribution in [0, 0.1) is 22.9 Å². The van der Waals surface area contributed by atoms with Gasteiger partial charge in [-0.2, -0.15) is 0 Å². The van der Waals surface area contributed by atoms with Crippen LogP contribution in [0.15, 0.2) is 42.5 Å². The van der Waals surface area contributed by atoms with Gasteiger partial charge in [0, 0.05) is 11.8 Å². The minimum Gasteiger partial charge on any atom is -0.374 e. The largest absolute Gasteiger partial charge is 0.374 e. The highest BCUT2D eigenvalue weighted by Gasteiger charge is 2.18. The van der Waals surface area contributed by atoms with Crippen LogP contribution < -0.4 is 10.6 Å². The summed E-state index contributed by atoms with van der Waals surface area (Å²) in [5.74, 6) is -0.832. The van der Waals surface area contributed by atoms with E-state index >= 15 is 0 Å². The van der Waals surface area contributed by atoms with E-state index in [1.807, 2.05) is 0 Å². The summed E-state index contributed by atoms with van der Waals surface area (Å²) in [6.07, 6.45) is 0. The molecule has 6 nitrogen and oxygen atoms in total. The van der Waals surface area contributed by atoms with E-state index in [0.717, 1.165) is 0 Å². The molecular formula is C16H16FN3O3. The number of hydrogen-bond donors (Lipinski definition) is 2. The Morgan fingerprint density at radius 3 is 2.61 bits per heavy atom. The van der Waals surface area contributed by atoms with E-state index in [-0.39, 0.29) is 17.2 Å². The van der Waals surface area contributed by atoms with Gasteiger partial charge in [-0.15, -0.1) is 0 Å². The Hall–Kier alpha value is -2.96. The maximum atomic E-state index is 13.5. The van der Waals surface area contributed by atoms with Gasteiger partial charge in [0.2, 0.25) is 5.91 Å². The first-order chi connectivity index (χ1) is 10.9. The summed E-state index contributed by atoms with van der Waals surface area (Å²) in [4.78, 5) is 22.5. The van der Waals surface area contributed by atoms with Crippen molar-refractivity contribution in [3.8, 4) is 0 Å². The molecule has 0 aliphatic rings. The molecule has 1 amide bonds. The van der Waals surface area contributed by atoms with Crippen molar-refractivity contribution in [3.63, 3.8) is 0 Å². The SMILES string of the molecule is Cc1ccc(NC(C)C(=O)Nc2ccccc2[N+](=O)[O-])cc1F. The molecule has 7 heteroatoms. The minimum atomic E-state index is -0.697. The van der Waals surface area contributed by atoms with Crippen molar-refractivity contribution in [2.24, 2.45) is 0 Å². The van der Waals surface area contributed by atoms with Crippen molar-refractivity contribution >= 4 is 23.0 Å².